The highest BCUT2D eigenvalue weighted by Gasteiger charge is 2.17. The molecule has 0 saturated carbocycles. The molecule has 0 amide bonds. The molecule has 21 heavy (non-hydrogen) atoms. The van der Waals surface area contributed by atoms with E-state index in [0.717, 1.165) is 12.4 Å². The Hall–Kier alpha value is -0.840. The molecule has 2 heterocycles. The van der Waals surface area contributed by atoms with Crippen LogP contribution < -0.4 is 10.2 Å². The molecule has 120 valence electrons. The quantitative estimate of drug-likeness (QED) is 0.905. The summed E-state index contributed by atoms with van der Waals surface area (Å²) in [6.07, 6.45) is 4.52. The van der Waals surface area contributed by atoms with Crippen LogP contribution >= 0.6 is 12.4 Å². The molecule has 0 spiro atoms. The summed E-state index contributed by atoms with van der Waals surface area (Å²) in [6.45, 7) is 7.75. The number of pyridine rings is 1. The van der Waals surface area contributed by atoms with Crippen LogP contribution in [0, 0.1) is 0 Å². The minimum atomic E-state index is 0. The number of nitrogens with one attached hydrogen (secondary N) is 1. The third kappa shape index (κ3) is 5.13. The highest BCUT2D eigenvalue weighted by atomic mass is 35.5. The molecule has 1 saturated heterocycles. The zero-order valence-corrected chi connectivity index (χ0v) is 14.5. The van der Waals surface area contributed by atoms with Crippen molar-refractivity contribution in [2.24, 2.45) is 0 Å². The van der Waals surface area contributed by atoms with E-state index >= 15 is 0 Å². The number of likely N-dealkylation sites (tertiary alicyclic amines) is 1. The maximum Gasteiger partial charge on any atom is 0.128 e. The Balaban J connectivity index is 0.00000220. The van der Waals surface area contributed by atoms with E-state index in [1.54, 1.807) is 0 Å². The van der Waals surface area contributed by atoms with Crippen molar-refractivity contribution in [2.75, 3.05) is 32.1 Å². The molecule has 0 bridgehead atoms. The van der Waals surface area contributed by atoms with Gasteiger partial charge in [-0.2, -0.15) is 0 Å². The van der Waals surface area contributed by atoms with Crippen molar-refractivity contribution >= 4 is 18.2 Å². The number of piperidine rings is 1. The van der Waals surface area contributed by atoms with Gasteiger partial charge in [-0.05, 0) is 58.5 Å². The van der Waals surface area contributed by atoms with E-state index in [4.69, 9.17) is 0 Å². The van der Waals surface area contributed by atoms with E-state index in [1.807, 2.05) is 6.20 Å². The largest absolute Gasteiger partial charge is 0.357 e. The first kappa shape index (κ1) is 18.2. The second-order valence-corrected chi connectivity index (χ2v) is 6.07. The lowest BCUT2D eigenvalue weighted by molar-refractivity contribution is 0.194. The maximum absolute atomic E-state index is 4.58. The normalized spacial score (nSPS) is 16.8. The van der Waals surface area contributed by atoms with Gasteiger partial charge in [-0.3, -0.25) is 4.90 Å². The smallest absolute Gasteiger partial charge is 0.128 e. The zero-order valence-electron chi connectivity index (χ0n) is 13.7. The lowest BCUT2D eigenvalue weighted by atomic mass is 10.0. The second-order valence-electron chi connectivity index (χ2n) is 6.07. The Kier molecular flexibility index (Phi) is 7.43. The molecule has 0 radical (unpaired) electrons. The van der Waals surface area contributed by atoms with Gasteiger partial charge >= 0.3 is 0 Å². The first-order valence-corrected chi connectivity index (χ1v) is 7.67. The average Bonchev–Trinajstić information content (AvgIpc) is 2.48. The van der Waals surface area contributed by atoms with Crippen LogP contribution in [0.5, 0.6) is 0 Å². The predicted octanol–water partition coefficient (Wildman–Crippen LogP) is 2.53. The predicted molar refractivity (Wildman–Crippen MR) is 92.4 cm³/mol. The highest BCUT2D eigenvalue weighted by molar-refractivity contribution is 5.85. The van der Waals surface area contributed by atoms with Gasteiger partial charge in [-0.1, -0.05) is 6.07 Å². The van der Waals surface area contributed by atoms with Gasteiger partial charge in [0, 0.05) is 31.9 Å². The number of rotatable bonds is 5. The monoisotopic (exact) mass is 312 g/mol. The van der Waals surface area contributed by atoms with Crippen LogP contribution in [0.2, 0.25) is 0 Å². The minimum Gasteiger partial charge on any atom is -0.357 e. The molecule has 1 aliphatic rings. The summed E-state index contributed by atoms with van der Waals surface area (Å²) in [4.78, 5) is 9.30. The maximum atomic E-state index is 4.58. The first-order chi connectivity index (χ1) is 9.60. The molecule has 1 N–H and O–H groups in total. The molecule has 5 heteroatoms. The first-order valence-electron chi connectivity index (χ1n) is 7.67. The summed E-state index contributed by atoms with van der Waals surface area (Å²) in [5, 5.41) is 3.37. The number of aromatic nitrogens is 1. The molecule has 0 aromatic carbocycles. The van der Waals surface area contributed by atoms with E-state index < -0.39 is 0 Å². The van der Waals surface area contributed by atoms with Gasteiger partial charge in [0.05, 0.1) is 0 Å². The SMILES string of the molecule is CNC1CCN(Cc2ccc(N(C)C(C)C)nc2)CC1.Cl. The molecule has 0 aliphatic carbocycles. The van der Waals surface area contributed by atoms with Crippen molar-refractivity contribution in [3.8, 4) is 0 Å². The summed E-state index contributed by atoms with van der Waals surface area (Å²) in [7, 11) is 4.16. The molecule has 1 aromatic rings. The third-order valence-corrected chi connectivity index (χ3v) is 4.35. The zero-order chi connectivity index (χ0) is 14.5. The summed E-state index contributed by atoms with van der Waals surface area (Å²) < 4.78 is 0. The van der Waals surface area contributed by atoms with Gasteiger partial charge in [0.25, 0.3) is 0 Å². The van der Waals surface area contributed by atoms with Crippen LogP contribution in [0.4, 0.5) is 5.82 Å². The Labute approximate surface area is 135 Å². The summed E-state index contributed by atoms with van der Waals surface area (Å²) in [6, 6.07) is 5.53. The molecule has 2 rings (SSSR count). The second kappa shape index (κ2) is 8.57. The molecule has 1 aromatic heterocycles. The summed E-state index contributed by atoms with van der Waals surface area (Å²) in [5.41, 5.74) is 1.31. The number of halogens is 1. The van der Waals surface area contributed by atoms with Crippen molar-refractivity contribution in [1.82, 2.24) is 15.2 Å². The molecule has 1 fully saturated rings. The van der Waals surface area contributed by atoms with E-state index in [2.05, 4.69) is 60.2 Å². The molecule has 4 nitrogen and oxygen atoms in total. The number of anilines is 1. The Morgan fingerprint density at radius 1 is 1.33 bits per heavy atom. The fourth-order valence-electron chi connectivity index (χ4n) is 2.62. The summed E-state index contributed by atoms with van der Waals surface area (Å²) in [5.74, 6) is 1.05. The number of hydrogen-bond acceptors (Lipinski definition) is 4. The molecular weight excluding hydrogens is 284 g/mol. The van der Waals surface area contributed by atoms with E-state index in [9.17, 15) is 0 Å². The van der Waals surface area contributed by atoms with Crippen molar-refractivity contribution in [1.29, 1.82) is 0 Å². The van der Waals surface area contributed by atoms with Gasteiger partial charge in [0.2, 0.25) is 0 Å². The van der Waals surface area contributed by atoms with E-state index in [0.29, 0.717) is 12.1 Å². The van der Waals surface area contributed by atoms with Crippen LogP contribution in [0.1, 0.15) is 32.3 Å². The fraction of sp³-hybridized carbons (Fsp3) is 0.688. The lowest BCUT2D eigenvalue weighted by Gasteiger charge is -2.31. The van der Waals surface area contributed by atoms with Crippen LogP contribution in [0.25, 0.3) is 0 Å². The average molecular weight is 313 g/mol. The van der Waals surface area contributed by atoms with E-state index in [1.165, 1.54) is 31.5 Å². The molecule has 0 unspecified atom stereocenters. The number of nitrogens with zero attached hydrogens (tertiary/aromatic N) is 3. The topological polar surface area (TPSA) is 31.4 Å². The Morgan fingerprint density at radius 2 is 2.00 bits per heavy atom. The van der Waals surface area contributed by atoms with Gasteiger partial charge in [-0.15, -0.1) is 12.4 Å². The van der Waals surface area contributed by atoms with Gasteiger partial charge < -0.3 is 10.2 Å². The van der Waals surface area contributed by atoms with Crippen molar-refractivity contribution < 1.29 is 0 Å². The van der Waals surface area contributed by atoms with Crippen LogP contribution in [0.15, 0.2) is 18.3 Å². The molecule has 1 aliphatic heterocycles. The Bertz CT molecular complexity index is 399. The minimum absolute atomic E-state index is 0. The fourth-order valence-corrected chi connectivity index (χ4v) is 2.62. The van der Waals surface area contributed by atoms with E-state index in [-0.39, 0.29) is 12.4 Å². The van der Waals surface area contributed by atoms with Gasteiger partial charge in [-0.25, -0.2) is 4.98 Å². The van der Waals surface area contributed by atoms with Crippen molar-refractivity contribution in [3.05, 3.63) is 23.9 Å². The highest BCUT2D eigenvalue weighted by Crippen LogP contribution is 2.16. The summed E-state index contributed by atoms with van der Waals surface area (Å²) >= 11 is 0. The van der Waals surface area contributed by atoms with Crippen molar-refractivity contribution in [3.63, 3.8) is 0 Å². The van der Waals surface area contributed by atoms with Crippen molar-refractivity contribution in [2.45, 2.75) is 45.3 Å². The van der Waals surface area contributed by atoms with Gasteiger partial charge in [0.15, 0.2) is 0 Å². The number of hydrogen-bond donors (Lipinski definition) is 1. The molecule has 0 atom stereocenters. The Morgan fingerprint density at radius 3 is 2.48 bits per heavy atom. The van der Waals surface area contributed by atoms with Crippen LogP contribution in [-0.2, 0) is 6.54 Å². The van der Waals surface area contributed by atoms with Crippen LogP contribution in [-0.4, -0.2) is 49.2 Å². The third-order valence-electron chi connectivity index (χ3n) is 4.35. The molecular formula is C16H29ClN4. The lowest BCUT2D eigenvalue weighted by Crippen LogP contribution is -2.40. The van der Waals surface area contributed by atoms with Crippen LogP contribution in [0.3, 0.4) is 0 Å². The van der Waals surface area contributed by atoms with Gasteiger partial charge in [0.1, 0.15) is 5.82 Å². The standard InChI is InChI=1S/C16H28N4.ClH/c1-13(2)19(4)16-6-5-14(11-18-16)12-20-9-7-15(17-3)8-10-20;/h5-6,11,13,15,17H,7-10,12H2,1-4H3;1H.